The Morgan fingerprint density at radius 2 is 2.06 bits per heavy atom. The summed E-state index contributed by atoms with van der Waals surface area (Å²) in [7, 11) is 0. The molecule has 0 bridgehead atoms. The van der Waals surface area contributed by atoms with Crippen molar-refractivity contribution in [3.05, 3.63) is 56.2 Å². The molecular formula is C13H13Cl2NS. The predicted molar refractivity (Wildman–Crippen MR) is 76.3 cm³/mol. The van der Waals surface area contributed by atoms with E-state index in [9.17, 15) is 0 Å². The lowest BCUT2D eigenvalue weighted by atomic mass is 9.98. The van der Waals surface area contributed by atoms with Crippen LogP contribution >= 0.6 is 34.5 Å². The summed E-state index contributed by atoms with van der Waals surface area (Å²) in [6, 6.07) is 9.78. The maximum absolute atomic E-state index is 6.17. The van der Waals surface area contributed by atoms with E-state index in [2.05, 4.69) is 11.4 Å². The van der Waals surface area contributed by atoms with Crippen LogP contribution in [0.15, 0.2) is 35.7 Å². The molecule has 1 unspecified atom stereocenters. The number of benzene rings is 1. The third-order valence-electron chi connectivity index (χ3n) is 2.71. The molecule has 2 aromatic rings. The molecule has 0 saturated heterocycles. The number of halogens is 2. The fourth-order valence-electron chi connectivity index (χ4n) is 1.78. The quantitative estimate of drug-likeness (QED) is 0.889. The van der Waals surface area contributed by atoms with Gasteiger partial charge in [-0.3, -0.25) is 0 Å². The largest absolute Gasteiger partial charge is 0.330 e. The Hall–Kier alpha value is -0.540. The van der Waals surface area contributed by atoms with Crippen LogP contribution in [0.4, 0.5) is 0 Å². The van der Waals surface area contributed by atoms with Crippen molar-refractivity contribution in [2.75, 3.05) is 6.54 Å². The second kappa shape index (κ2) is 5.87. The summed E-state index contributed by atoms with van der Waals surface area (Å²) in [6.45, 7) is 0.624. The molecule has 1 nitrogen and oxygen atoms in total. The molecule has 1 aromatic heterocycles. The van der Waals surface area contributed by atoms with Gasteiger partial charge in [-0.15, -0.1) is 11.3 Å². The van der Waals surface area contributed by atoms with Crippen molar-refractivity contribution in [2.45, 2.75) is 12.3 Å². The molecule has 0 amide bonds. The average molecular weight is 286 g/mol. The minimum absolute atomic E-state index is 0.327. The highest BCUT2D eigenvalue weighted by Gasteiger charge is 2.13. The van der Waals surface area contributed by atoms with Crippen LogP contribution in [0.1, 0.15) is 16.4 Å². The average Bonchev–Trinajstić information content (AvgIpc) is 2.81. The molecule has 1 heterocycles. The van der Waals surface area contributed by atoms with Crippen molar-refractivity contribution in [2.24, 2.45) is 5.73 Å². The highest BCUT2D eigenvalue weighted by molar-refractivity contribution is 7.10. The van der Waals surface area contributed by atoms with E-state index >= 15 is 0 Å². The van der Waals surface area contributed by atoms with E-state index in [1.807, 2.05) is 18.2 Å². The Kier molecular flexibility index (Phi) is 4.46. The fourth-order valence-corrected chi connectivity index (χ4v) is 3.11. The van der Waals surface area contributed by atoms with Gasteiger partial charge in [-0.2, -0.15) is 0 Å². The van der Waals surface area contributed by atoms with Crippen molar-refractivity contribution in [3.63, 3.8) is 0 Å². The van der Waals surface area contributed by atoms with Crippen LogP contribution in [-0.4, -0.2) is 6.54 Å². The topological polar surface area (TPSA) is 26.0 Å². The monoisotopic (exact) mass is 285 g/mol. The molecule has 0 aliphatic rings. The van der Waals surface area contributed by atoms with Crippen LogP contribution < -0.4 is 5.73 Å². The standard InChI is InChI=1S/C13H13Cl2NS/c14-11-4-3-9(12(15)7-11)6-10(8-16)13-2-1-5-17-13/h1-5,7,10H,6,8,16H2. The zero-order chi connectivity index (χ0) is 12.3. The first-order chi connectivity index (χ1) is 8.20. The van der Waals surface area contributed by atoms with Gasteiger partial charge in [-0.1, -0.05) is 35.3 Å². The molecule has 2 rings (SSSR count). The molecule has 0 fully saturated rings. The van der Waals surface area contributed by atoms with Crippen LogP contribution in [0.25, 0.3) is 0 Å². The predicted octanol–water partition coefficient (Wildman–Crippen LogP) is 4.34. The second-order valence-electron chi connectivity index (χ2n) is 3.89. The number of hydrogen-bond acceptors (Lipinski definition) is 2. The summed E-state index contributed by atoms with van der Waals surface area (Å²) >= 11 is 13.8. The third-order valence-corrected chi connectivity index (χ3v) is 4.33. The van der Waals surface area contributed by atoms with Gasteiger partial charge in [0.05, 0.1) is 0 Å². The lowest BCUT2D eigenvalue weighted by Crippen LogP contribution is -2.14. The number of thiophene rings is 1. The van der Waals surface area contributed by atoms with Crippen molar-refractivity contribution >= 4 is 34.5 Å². The maximum Gasteiger partial charge on any atom is 0.0453 e. The van der Waals surface area contributed by atoms with Crippen molar-refractivity contribution in [1.29, 1.82) is 0 Å². The lowest BCUT2D eigenvalue weighted by molar-refractivity contribution is 0.707. The SMILES string of the molecule is NCC(Cc1ccc(Cl)cc1Cl)c1cccs1. The summed E-state index contributed by atoms with van der Waals surface area (Å²) in [5, 5.41) is 3.45. The van der Waals surface area contributed by atoms with Gasteiger partial charge in [0, 0.05) is 27.4 Å². The fraction of sp³-hybridized carbons (Fsp3) is 0.231. The van der Waals surface area contributed by atoms with E-state index in [0.717, 1.165) is 12.0 Å². The van der Waals surface area contributed by atoms with Crippen molar-refractivity contribution in [3.8, 4) is 0 Å². The number of nitrogens with two attached hydrogens (primary N) is 1. The Balaban J connectivity index is 2.19. The van der Waals surface area contributed by atoms with Gasteiger partial charge in [0.15, 0.2) is 0 Å². The minimum Gasteiger partial charge on any atom is -0.330 e. The molecule has 0 radical (unpaired) electrons. The van der Waals surface area contributed by atoms with Gasteiger partial charge in [-0.05, 0) is 35.6 Å². The highest BCUT2D eigenvalue weighted by Crippen LogP contribution is 2.28. The van der Waals surface area contributed by atoms with Crippen LogP contribution in [0, 0.1) is 0 Å². The first-order valence-corrected chi connectivity index (χ1v) is 7.01. The third kappa shape index (κ3) is 3.23. The van der Waals surface area contributed by atoms with Crippen LogP contribution in [0.3, 0.4) is 0 Å². The summed E-state index contributed by atoms with van der Waals surface area (Å²) in [6.07, 6.45) is 0.854. The van der Waals surface area contributed by atoms with E-state index in [1.165, 1.54) is 4.88 Å². The Morgan fingerprint density at radius 1 is 1.24 bits per heavy atom. The molecular weight excluding hydrogens is 273 g/mol. The molecule has 90 valence electrons. The van der Waals surface area contributed by atoms with Gasteiger partial charge in [0.2, 0.25) is 0 Å². The van der Waals surface area contributed by atoms with Crippen LogP contribution in [-0.2, 0) is 6.42 Å². The molecule has 0 saturated carbocycles. The zero-order valence-electron chi connectivity index (χ0n) is 9.20. The molecule has 17 heavy (non-hydrogen) atoms. The molecule has 2 N–H and O–H groups in total. The summed E-state index contributed by atoms with van der Waals surface area (Å²) in [4.78, 5) is 1.30. The van der Waals surface area contributed by atoms with Crippen molar-refractivity contribution in [1.82, 2.24) is 0 Å². The molecule has 0 aliphatic heterocycles. The zero-order valence-corrected chi connectivity index (χ0v) is 11.5. The van der Waals surface area contributed by atoms with Gasteiger partial charge >= 0.3 is 0 Å². The van der Waals surface area contributed by atoms with Crippen LogP contribution in [0.2, 0.25) is 10.0 Å². The van der Waals surface area contributed by atoms with E-state index in [1.54, 1.807) is 17.4 Å². The molecule has 1 aromatic carbocycles. The Bertz CT molecular complexity index is 482. The van der Waals surface area contributed by atoms with E-state index < -0.39 is 0 Å². The van der Waals surface area contributed by atoms with E-state index in [0.29, 0.717) is 22.5 Å². The van der Waals surface area contributed by atoms with Gasteiger partial charge < -0.3 is 5.73 Å². The van der Waals surface area contributed by atoms with E-state index in [4.69, 9.17) is 28.9 Å². The smallest absolute Gasteiger partial charge is 0.0453 e. The van der Waals surface area contributed by atoms with E-state index in [-0.39, 0.29) is 0 Å². The Labute approximate surface area is 115 Å². The molecule has 1 atom stereocenters. The van der Waals surface area contributed by atoms with Gasteiger partial charge in [0.25, 0.3) is 0 Å². The first kappa shape index (κ1) is 12.9. The Morgan fingerprint density at radius 3 is 2.65 bits per heavy atom. The molecule has 0 spiro atoms. The minimum atomic E-state index is 0.327. The summed E-state index contributed by atoms with van der Waals surface area (Å²) in [5.74, 6) is 0.327. The highest BCUT2D eigenvalue weighted by atomic mass is 35.5. The number of hydrogen-bond donors (Lipinski definition) is 1. The summed E-state index contributed by atoms with van der Waals surface area (Å²) in [5.41, 5.74) is 6.93. The molecule has 4 heteroatoms. The lowest BCUT2D eigenvalue weighted by Gasteiger charge is -2.14. The van der Waals surface area contributed by atoms with Crippen LogP contribution in [0.5, 0.6) is 0 Å². The first-order valence-electron chi connectivity index (χ1n) is 5.38. The normalized spacial score (nSPS) is 12.6. The van der Waals surface area contributed by atoms with Gasteiger partial charge in [-0.25, -0.2) is 0 Å². The summed E-state index contributed by atoms with van der Waals surface area (Å²) < 4.78 is 0. The van der Waals surface area contributed by atoms with Crippen molar-refractivity contribution < 1.29 is 0 Å². The molecule has 0 aliphatic carbocycles. The number of rotatable bonds is 4. The van der Waals surface area contributed by atoms with Gasteiger partial charge in [0.1, 0.15) is 0 Å². The second-order valence-corrected chi connectivity index (χ2v) is 5.71. The maximum atomic E-state index is 6.17.